The van der Waals surface area contributed by atoms with Gasteiger partial charge in [0.15, 0.2) is 11.6 Å². The Morgan fingerprint density at radius 1 is 1.04 bits per heavy atom. The zero-order chi connectivity index (χ0) is 16.2. The third-order valence-electron chi connectivity index (χ3n) is 3.73. The van der Waals surface area contributed by atoms with Gasteiger partial charge in [0.05, 0.1) is 5.56 Å². The van der Waals surface area contributed by atoms with Crippen molar-refractivity contribution < 1.29 is 5.11 Å². The van der Waals surface area contributed by atoms with Crippen molar-refractivity contribution in [1.29, 1.82) is 0 Å². The Morgan fingerprint density at radius 2 is 1.78 bits per heavy atom. The summed E-state index contributed by atoms with van der Waals surface area (Å²) < 4.78 is 1.80. The minimum Gasteiger partial charge on any atom is -0.507 e. The van der Waals surface area contributed by atoms with Crippen LogP contribution in [0.4, 0.5) is 0 Å². The number of benzene rings is 2. The van der Waals surface area contributed by atoms with E-state index >= 15 is 0 Å². The van der Waals surface area contributed by atoms with Crippen molar-refractivity contribution in [3.05, 3.63) is 65.5 Å². The van der Waals surface area contributed by atoms with E-state index in [0.29, 0.717) is 23.8 Å². The Hall–Kier alpha value is -2.88. The monoisotopic (exact) mass is 305 g/mol. The van der Waals surface area contributed by atoms with Crippen molar-refractivity contribution in [2.45, 2.75) is 20.4 Å². The Labute approximate surface area is 135 Å². The molecule has 0 aliphatic rings. The Balaban J connectivity index is 1.97. The van der Waals surface area contributed by atoms with E-state index in [2.05, 4.69) is 29.1 Å². The average Bonchev–Trinajstić information content (AvgIpc) is 2.97. The molecule has 0 saturated heterocycles. The molecule has 0 unspecified atom stereocenters. The maximum Gasteiger partial charge on any atom is 0.174 e. The predicted molar refractivity (Wildman–Crippen MR) is 92.9 cm³/mol. The highest BCUT2D eigenvalue weighted by molar-refractivity contribution is 5.70. The van der Waals surface area contributed by atoms with Gasteiger partial charge in [-0.15, -0.1) is 0 Å². The van der Waals surface area contributed by atoms with Gasteiger partial charge in [0.1, 0.15) is 5.75 Å². The molecule has 0 amide bonds. The van der Waals surface area contributed by atoms with Gasteiger partial charge in [-0.3, -0.25) is 0 Å². The fourth-order valence-electron chi connectivity index (χ4n) is 2.45. The minimum absolute atomic E-state index is 0.212. The van der Waals surface area contributed by atoms with Gasteiger partial charge in [-0.25, -0.2) is 9.67 Å². The number of aromatic hydroxyl groups is 1. The molecule has 3 rings (SSSR count). The van der Waals surface area contributed by atoms with Gasteiger partial charge in [0.2, 0.25) is 0 Å². The number of rotatable bonds is 4. The third kappa shape index (κ3) is 3.16. The number of aromatic nitrogens is 3. The molecule has 4 heteroatoms. The smallest absolute Gasteiger partial charge is 0.174 e. The van der Waals surface area contributed by atoms with Gasteiger partial charge in [-0.05, 0) is 43.2 Å². The van der Waals surface area contributed by atoms with Crippen LogP contribution in [-0.4, -0.2) is 19.9 Å². The van der Waals surface area contributed by atoms with E-state index in [9.17, 15) is 5.11 Å². The molecule has 0 atom stereocenters. The van der Waals surface area contributed by atoms with Crippen LogP contribution in [0.15, 0.2) is 48.5 Å². The van der Waals surface area contributed by atoms with Gasteiger partial charge in [-0.1, -0.05) is 42.5 Å². The number of aryl methyl sites for hydroxylation is 2. The minimum atomic E-state index is 0.212. The summed E-state index contributed by atoms with van der Waals surface area (Å²) in [7, 11) is 0. The van der Waals surface area contributed by atoms with Crippen LogP contribution in [-0.2, 0) is 6.54 Å². The van der Waals surface area contributed by atoms with Crippen molar-refractivity contribution >= 4 is 12.2 Å². The van der Waals surface area contributed by atoms with E-state index < -0.39 is 0 Å². The van der Waals surface area contributed by atoms with Crippen molar-refractivity contribution in [3.63, 3.8) is 0 Å². The van der Waals surface area contributed by atoms with Crippen LogP contribution in [0.2, 0.25) is 0 Å². The fraction of sp³-hybridized carbons (Fsp3) is 0.158. The molecule has 0 saturated carbocycles. The lowest BCUT2D eigenvalue weighted by Gasteiger charge is -2.04. The molecule has 1 aromatic heterocycles. The molecule has 1 heterocycles. The van der Waals surface area contributed by atoms with E-state index in [-0.39, 0.29) is 5.75 Å². The first-order valence-electron chi connectivity index (χ1n) is 7.66. The SMILES string of the molecule is CCn1nc(/C=C/c2ccccc2C)nc1-c1ccccc1O. The zero-order valence-electron chi connectivity index (χ0n) is 13.3. The van der Waals surface area contributed by atoms with Crippen LogP contribution >= 0.6 is 0 Å². The first kappa shape index (κ1) is 15.0. The summed E-state index contributed by atoms with van der Waals surface area (Å²) >= 11 is 0. The lowest BCUT2D eigenvalue weighted by Crippen LogP contribution is -1.99. The van der Waals surface area contributed by atoms with Gasteiger partial charge in [0, 0.05) is 6.54 Å². The number of hydrogen-bond acceptors (Lipinski definition) is 3. The summed E-state index contributed by atoms with van der Waals surface area (Å²) in [4.78, 5) is 4.56. The molecule has 23 heavy (non-hydrogen) atoms. The van der Waals surface area contributed by atoms with Gasteiger partial charge >= 0.3 is 0 Å². The van der Waals surface area contributed by atoms with E-state index in [1.54, 1.807) is 16.8 Å². The summed E-state index contributed by atoms with van der Waals surface area (Å²) in [5.41, 5.74) is 3.04. The topological polar surface area (TPSA) is 50.9 Å². The highest BCUT2D eigenvalue weighted by Crippen LogP contribution is 2.27. The standard InChI is InChI=1S/C19H19N3O/c1-3-22-19(16-10-6-7-11-17(16)23)20-18(21-22)13-12-15-9-5-4-8-14(15)2/h4-13,23H,3H2,1-2H3/b13-12+. The molecule has 0 aliphatic heterocycles. The first-order chi connectivity index (χ1) is 11.2. The van der Waals surface area contributed by atoms with Crippen molar-refractivity contribution in [3.8, 4) is 17.1 Å². The number of hydrogen-bond donors (Lipinski definition) is 1. The van der Waals surface area contributed by atoms with Gasteiger partial charge < -0.3 is 5.11 Å². The van der Waals surface area contributed by atoms with E-state index in [1.807, 2.05) is 43.3 Å². The van der Waals surface area contributed by atoms with Crippen LogP contribution in [0.5, 0.6) is 5.75 Å². The molecule has 0 radical (unpaired) electrons. The van der Waals surface area contributed by atoms with Crippen LogP contribution in [0.25, 0.3) is 23.5 Å². The maximum atomic E-state index is 10.0. The van der Waals surface area contributed by atoms with Crippen LogP contribution in [0.1, 0.15) is 23.9 Å². The molecule has 1 N–H and O–H groups in total. The number of phenolic OH excluding ortho intramolecular Hbond substituents is 1. The molecule has 116 valence electrons. The Morgan fingerprint density at radius 3 is 2.52 bits per heavy atom. The van der Waals surface area contributed by atoms with Crippen molar-refractivity contribution in [1.82, 2.24) is 14.8 Å². The maximum absolute atomic E-state index is 10.0. The number of phenols is 1. The van der Waals surface area contributed by atoms with Gasteiger partial charge in [0.25, 0.3) is 0 Å². The normalized spacial score (nSPS) is 11.2. The molecule has 0 bridgehead atoms. The second-order valence-electron chi connectivity index (χ2n) is 5.32. The lowest BCUT2D eigenvalue weighted by atomic mass is 10.1. The van der Waals surface area contributed by atoms with E-state index in [1.165, 1.54) is 5.56 Å². The largest absolute Gasteiger partial charge is 0.507 e. The van der Waals surface area contributed by atoms with E-state index in [4.69, 9.17) is 0 Å². The molecule has 0 aliphatic carbocycles. The quantitative estimate of drug-likeness (QED) is 0.788. The molecular weight excluding hydrogens is 286 g/mol. The Bertz CT molecular complexity index is 849. The van der Waals surface area contributed by atoms with E-state index in [0.717, 1.165) is 5.56 Å². The molecular formula is C19H19N3O. The highest BCUT2D eigenvalue weighted by atomic mass is 16.3. The number of para-hydroxylation sites is 1. The Kier molecular flexibility index (Phi) is 4.24. The van der Waals surface area contributed by atoms with Crippen molar-refractivity contribution in [2.75, 3.05) is 0 Å². The second-order valence-corrected chi connectivity index (χ2v) is 5.32. The van der Waals surface area contributed by atoms with Crippen LogP contribution < -0.4 is 0 Å². The third-order valence-corrected chi connectivity index (χ3v) is 3.73. The number of nitrogens with zero attached hydrogens (tertiary/aromatic N) is 3. The second kappa shape index (κ2) is 6.48. The summed E-state index contributed by atoms with van der Waals surface area (Å²) in [5, 5.41) is 14.5. The fourth-order valence-corrected chi connectivity index (χ4v) is 2.45. The van der Waals surface area contributed by atoms with Crippen LogP contribution in [0.3, 0.4) is 0 Å². The molecule has 4 nitrogen and oxygen atoms in total. The summed E-state index contributed by atoms with van der Waals surface area (Å²) in [6, 6.07) is 15.4. The lowest BCUT2D eigenvalue weighted by molar-refractivity contribution is 0.476. The molecule has 0 spiro atoms. The molecule has 0 fully saturated rings. The summed E-state index contributed by atoms with van der Waals surface area (Å²) in [6.07, 6.45) is 3.91. The molecule has 3 aromatic rings. The summed E-state index contributed by atoms with van der Waals surface area (Å²) in [6.45, 7) is 4.77. The first-order valence-corrected chi connectivity index (χ1v) is 7.66. The zero-order valence-corrected chi connectivity index (χ0v) is 13.3. The average molecular weight is 305 g/mol. The molecule has 2 aromatic carbocycles. The summed E-state index contributed by atoms with van der Waals surface area (Å²) in [5.74, 6) is 1.52. The van der Waals surface area contributed by atoms with Crippen molar-refractivity contribution in [2.24, 2.45) is 0 Å². The van der Waals surface area contributed by atoms with Crippen LogP contribution in [0, 0.1) is 6.92 Å². The van der Waals surface area contributed by atoms with Gasteiger partial charge in [-0.2, -0.15) is 5.10 Å². The predicted octanol–water partition coefficient (Wildman–Crippen LogP) is 4.15. The highest BCUT2D eigenvalue weighted by Gasteiger charge is 2.12.